The minimum atomic E-state index is -0.418. The van der Waals surface area contributed by atoms with E-state index in [4.69, 9.17) is 19.2 Å². The number of carbonyl (C=O) groups is 1. The maximum absolute atomic E-state index is 12.9. The molecule has 1 atom stereocenters. The summed E-state index contributed by atoms with van der Waals surface area (Å²) < 4.78 is 16.0. The number of aryl methyl sites for hydroxylation is 1. The van der Waals surface area contributed by atoms with Crippen LogP contribution in [-0.2, 0) is 17.7 Å². The van der Waals surface area contributed by atoms with Crippen LogP contribution in [0.1, 0.15) is 52.1 Å². The second kappa shape index (κ2) is 8.91. The fourth-order valence-corrected chi connectivity index (χ4v) is 5.24. The van der Waals surface area contributed by atoms with Crippen molar-refractivity contribution in [3.05, 3.63) is 49.9 Å². The molecule has 8 nitrogen and oxygen atoms in total. The lowest BCUT2D eigenvalue weighted by molar-refractivity contribution is 0.0531. The number of ether oxygens (including phenoxy) is 3. The number of nitrogens with one attached hydrogen (secondary N) is 1. The highest BCUT2D eigenvalue weighted by Gasteiger charge is 2.27. The van der Waals surface area contributed by atoms with E-state index in [-0.39, 0.29) is 18.2 Å². The zero-order chi connectivity index (χ0) is 23.0. The van der Waals surface area contributed by atoms with E-state index < -0.39 is 5.97 Å². The summed E-state index contributed by atoms with van der Waals surface area (Å²) in [7, 11) is 3.27. The summed E-state index contributed by atoms with van der Waals surface area (Å²) >= 11 is 1.21. The minimum absolute atomic E-state index is 0.109. The van der Waals surface area contributed by atoms with Crippen molar-refractivity contribution in [1.29, 1.82) is 0 Å². The van der Waals surface area contributed by atoms with E-state index in [0.29, 0.717) is 38.8 Å². The number of rotatable bonds is 6. The van der Waals surface area contributed by atoms with Gasteiger partial charge in [0.25, 0.3) is 5.56 Å². The van der Waals surface area contributed by atoms with E-state index in [1.165, 1.54) is 22.5 Å². The average Bonchev–Trinajstić information content (AvgIpc) is 3.14. The van der Waals surface area contributed by atoms with Gasteiger partial charge in [0.2, 0.25) is 0 Å². The standard InChI is InChI=1S/C23H27N3O5S/c1-6-31-23(28)19-12(2)18-21(27)24-20(25-22(18)32-19)13(3)26-8-7-14-9-16(29-4)17(30-5)10-15(14)11-26/h9-10,13H,6-8,11H2,1-5H3,(H,24,25,27)/t13-/m0/s1. The summed E-state index contributed by atoms with van der Waals surface area (Å²) in [5.74, 6) is 1.60. The maximum Gasteiger partial charge on any atom is 0.348 e. The first-order chi connectivity index (χ1) is 15.4. The van der Waals surface area contributed by atoms with Gasteiger partial charge in [-0.15, -0.1) is 11.3 Å². The van der Waals surface area contributed by atoms with Gasteiger partial charge in [-0.05, 0) is 56.0 Å². The lowest BCUT2D eigenvalue weighted by atomic mass is 9.97. The third-order valence-corrected chi connectivity index (χ3v) is 7.14. The van der Waals surface area contributed by atoms with Crippen LogP contribution >= 0.6 is 11.3 Å². The van der Waals surface area contributed by atoms with E-state index >= 15 is 0 Å². The van der Waals surface area contributed by atoms with Gasteiger partial charge in [-0.3, -0.25) is 9.69 Å². The Balaban J connectivity index is 1.65. The van der Waals surface area contributed by atoms with Crippen molar-refractivity contribution in [2.24, 2.45) is 0 Å². The van der Waals surface area contributed by atoms with Crippen LogP contribution in [-0.4, -0.2) is 48.2 Å². The molecule has 3 aromatic rings. The van der Waals surface area contributed by atoms with Crippen LogP contribution < -0.4 is 15.0 Å². The third-order valence-electron chi connectivity index (χ3n) is 5.97. The van der Waals surface area contributed by atoms with Crippen molar-refractivity contribution in [2.75, 3.05) is 27.4 Å². The van der Waals surface area contributed by atoms with Crippen LogP contribution in [0.2, 0.25) is 0 Å². The molecule has 3 heterocycles. The Morgan fingerprint density at radius 1 is 1.25 bits per heavy atom. The van der Waals surface area contributed by atoms with Crippen LogP contribution in [0.5, 0.6) is 11.5 Å². The molecule has 0 fully saturated rings. The molecule has 1 aliphatic rings. The normalized spacial score (nSPS) is 14.8. The van der Waals surface area contributed by atoms with Crippen LogP contribution in [0.15, 0.2) is 16.9 Å². The third kappa shape index (κ3) is 3.86. The molecular weight excluding hydrogens is 430 g/mol. The van der Waals surface area contributed by atoms with Crippen molar-refractivity contribution < 1.29 is 19.0 Å². The molecule has 0 bridgehead atoms. The summed E-state index contributed by atoms with van der Waals surface area (Å²) in [5.41, 5.74) is 2.78. The number of hydrogen-bond donors (Lipinski definition) is 1. The van der Waals surface area contributed by atoms with Crippen LogP contribution in [0, 0.1) is 6.92 Å². The SMILES string of the molecule is CCOC(=O)c1sc2nc([C@H](C)N3CCc4cc(OC)c(OC)cc4C3)[nH]c(=O)c2c1C. The van der Waals surface area contributed by atoms with E-state index in [1.807, 2.05) is 19.1 Å². The predicted octanol–water partition coefficient (Wildman–Crippen LogP) is 3.61. The molecule has 0 saturated carbocycles. The molecule has 0 radical (unpaired) electrons. The van der Waals surface area contributed by atoms with Crippen LogP contribution in [0.25, 0.3) is 10.2 Å². The molecule has 9 heteroatoms. The van der Waals surface area contributed by atoms with Crippen molar-refractivity contribution in [2.45, 2.75) is 39.8 Å². The number of benzene rings is 1. The Kier molecular flexibility index (Phi) is 6.21. The van der Waals surface area contributed by atoms with E-state index in [1.54, 1.807) is 28.1 Å². The predicted molar refractivity (Wildman–Crippen MR) is 123 cm³/mol. The lowest BCUT2D eigenvalue weighted by Gasteiger charge is -2.33. The zero-order valence-electron chi connectivity index (χ0n) is 18.9. The summed E-state index contributed by atoms with van der Waals surface area (Å²) in [5, 5.41) is 0.454. The van der Waals surface area contributed by atoms with Crippen molar-refractivity contribution in [1.82, 2.24) is 14.9 Å². The quantitative estimate of drug-likeness (QED) is 0.565. The molecule has 0 amide bonds. The van der Waals surface area contributed by atoms with Gasteiger partial charge in [-0.1, -0.05) is 0 Å². The van der Waals surface area contributed by atoms with Gasteiger partial charge in [-0.25, -0.2) is 9.78 Å². The average molecular weight is 458 g/mol. The number of nitrogens with zero attached hydrogens (tertiary/aromatic N) is 2. The fraction of sp³-hybridized carbons (Fsp3) is 0.435. The van der Waals surface area contributed by atoms with Gasteiger partial charge in [0.05, 0.1) is 32.3 Å². The number of hydrogen-bond acceptors (Lipinski definition) is 8. The molecule has 0 saturated heterocycles. The lowest BCUT2D eigenvalue weighted by Crippen LogP contribution is -2.34. The Bertz CT molecular complexity index is 1230. The molecule has 2 aromatic heterocycles. The smallest absolute Gasteiger partial charge is 0.348 e. The Hall–Kier alpha value is -2.91. The number of aromatic amines is 1. The number of H-pyrrole nitrogens is 1. The van der Waals surface area contributed by atoms with E-state index in [2.05, 4.69) is 9.88 Å². The molecule has 0 unspecified atom stereocenters. The maximum atomic E-state index is 12.9. The first-order valence-electron chi connectivity index (χ1n) is 10.6. The molecule has 32 heavy (non-hydrogen) atoms. The van der Waals surface area contributed by atoms with E-state index in [0.717, 1.165) is 18.7 Å². The Labute approximate surface area is 190 Å². The van der Waals surface area contributed by atoms with E-state index in [9.17, 15) is 9.59 Å². The van der Waals surface area contributed by atoms with Gasteiger partial charge in [-0.2, -0.15) is 0 Å². The molecule has 1 aromatic carbocycles. The second-order valence-electron chi connectivity index (χ2n) is 7.78. The second-order valence-corrected chi connectivity index (χ2v) is 8.78. The zero-order valence-corrected chi connectivity index (χ0v) is 19.7. The highest BCUT2D eigenvalue weighted by atomic mass is 32.1. The van der Waals surface area contributed by atoms with Crippen molar-refractivity contribution in [3.63, 3.8) is 0 Å². The molecule has 170 valence electrons. The van der Waals surface area contributed by atoms with Gasteiger partial charge in [0, 0.05) is 13.1 Å². The summed E-state index contributed by atoms with van der Waals surface area (Å²) in [4.78, 5) is 36.0. The summed E-state index contributed by atoms with van der Waals surface area (Å²) in [6.45, 7) is 7.36. The number of carbonyl (C=O) groups excluding carboxylic acids is 1. The molecule has 0 spiro atoms. The largest absolute Gasteiger partial charge is 0.493 e. The number of thiophene rings is 1. The topological polar surface area (TPSA) is 93.8 Å². The molecule has 1 aliphatic heterocycles. The monoisotopic (exact) mass is 457 g/mol. The van der Waals surface area contributed by atoms with Gasteiger partial charge < -0.3 is 19.2 Å². The van der Waals surface area contributed by atoms with Crippen LogP contribution in [0.4, 0.5) is 0 Å². The summed E-state index contributed by atoms with van der Waals surface area (Å²) in [6.07, 6.45) is 0.859. The number of methoxy groups -OCH3 is 2. The summed E-state index contributed by atoms with van der Waals surface area (Å²) in [6, 6.07) is 3.94. The Morgan fingerprint density at radius 2 is 1.94 bits per heavy atom. The first kappa shape index (κ1) is 22.3. The molecule has 0 aliphatic carbocycles. The minimum Gasteiger partial charge on any atom is -0.493 e. The Morgan fingerprint density at radius 3 is 2.59 bits per heavy atom. The van der Waals surface area contributed by atoms with Gasteiger partial charge in [0.15, 0.2) is 11.5 Å². The number of fused-ring (bicyclic) bond motifs is 2. The molecule has 4 rings (SSSR count). The first-order valence-corrected chi connectivity index (χ1v) is 11.4. The highest BCUT2D eigenvalue weighted by Crippen LogP contribution is 2.35. The van der Waals surface area contributed by atoms with Crippen LogP contribution in [0.3, 0.4) is 0 Å². The fourth-order valence-electron chi connectivity index (χ4n) is 4.16. The molecular formula is C23H27N3O5S. The van der Waals surface area contributed by atoms with Gasteiger partial charge >= 0.3 is 5.97 Å². The number of esters is 1. The van der Waals surface area contributed by atoms with Crippen molar-refractivity contribution >= 4 is 27.5 Å². The van der Waals surface area contributed by atoms with Crippen molar-refractivity contribution in [3.8, 4) is 11.5 Å². The molecule has 1 N–H and O–H groups in total. The number of aromatic nitrogens is 2. The highest BCUT2D eigenvalue weighted by molar-refractivity contribution is 7.20. The van der Waals surface area contributed by atoms with Gasteiger partial charge in [0.1, 0.15) is 15.5 Å².